The average Bonchev–Trinajstić information content (AvgIpc) is 2.49. The van der Waals surface area contributed by atoms with E-state index in [0.717, 1.165) is 17.6 Å². The molecule has 0 amide bonds. The monoisotopic (exact) mass is 290 g/mol. The van der Waals surface area contributed by atoms with Gasteiger partial charge in [-0.1, -0.05) is 33.6 Å². The molecule has 0 spiro atoms. The number of nitrogens with one attached hydrogen (secondary N) is 2. The Kier molecular flexibility index (Phi) is 5.83. The molecule has 1 aliphatic rings. The van der Waals surface area contributed by atoms with Crippen LogP contribution in [0.15, 0.2) is 6.33 Å². The molecule has 0 radical (unpaired) electrons. The number of aromatic nitrogens is 2. The topological polar surface area (TPSA) is 49.8 Å². The Labute approximate surface area is 129 Å². The van der Waals surface area contributed by atoms with Crippen molar-refractivity contribution in [2.75, 3.05) is 17.7 Å². The van der Waals surface area contributed by atoms with Crippen molar-refractivity contribution in [3.8, 4) is 0 Å². The molecule has 0 bridgehead atoms. The summed E-state index contributed by atoms with van der Waals surface area (Å²) in [4.78, 5) is 8.84. The Morgan fingerprint density at radius 3 is 2.38 bits per heavy atom. The highest BCUT2D eigenvalue weighted by atomic mass is 15.1. The highest BCUT2D eigenvalue weighted by molar-refractivity contribution is 5.59. The lowest BCUT2D eigenvalue weighted by atomic mass is 9.83. The zero-order valence-corrected chi connectivity index (χ0v) is 13.9. The number of hydrogen-bond donors (Lipinski definition) is 2. The van der Waals surface area contributed by atoms with Gasteiger partial charge in [-0.3, -0.25) is 0 Å². The second-order valence-corrected chi connectivity index (χ2v) is 6.54. The minimum Gasteiger partial charge on any atom is -0.373 e. The maximum atomic E-state index is 4.50. The van der Waals surface area contributed by atoms with E-state index in [-0.39, 0.29) is 0 Å². The first-order chi connectivity index (χ1) is 10.2. The lowest BCUT2D eigenvalue weighted by Gasteiger charge is -2.30. The summed E-state index contributed by atoms with van der Waals surface area (Å²) in [5.74, 6) is 3.31. The highest BCUT2D eigenvalue weighted by Gasteiger charge is 2.22. The minimum atomic E-state index is 0.410. The smallest absolute Gasteiger partial charge is 0.135 e. The first kappa shape index (κ1) is 16.1. The fourth-order valence-corrected chi connectivity index (χ4v) is 3.45. The second-order valence-electron chi connectivity index (χ2n) is 6.54. The van der Waals surface area contributed by atoms with Crippen LogP contribution < -0.4 is 10.6 Å². The second kappa shape index (κ2) is 7.62. The van der Waals surface area contributed by atoms with Crippen molar-refractivity contribution in [2.45, 2.75) is 71.3 Å². The van der Waals surface area contributed by atoms with E-state index in [4.69, 9.17) is 0 Å². The third-order valence-electron chi connectivity index (χ3n) is 4.58. The molecule has 1 aromatic heterocycles. The lowest BCUT2D eigenvalue weighted by molar-refractivity contribution is 0.318. The first-order valence-electron chi connectivity index (χ1n) is 8.44. The van der Waals surface area contributed by atoms with E-state index >= 15 is 0 Å². The predicted octanol–water partition coefficient (Wildman–Crippen LogP) is 4.41. The van der Waals surface area contributed by atoms with Gasteiger partial charge in [0.05, 0.1) is 0 Å². The highest BCUT2D eigenvalue weighted by Crippen LogP contribution is 2.32. The summed E-state index contributed by atoms with van der Waals surface area (Å²) in [5.41, 5.74) is 1.20. The van der Waals surface area contributed by atoms with E-state index in [1.807, 2.05) is 7.05 Å². The van der Waals surface area contributed by atoms with Crippen LogP contribution in [0, 0.1) is 5.92 Å². The van der Waals surface area contributed by atoms with Gasteiger partial charge in [0.2, 0.25) is 0 Å². The lowest BCUT2D eigenvalue weighted by Crippen LogP contribution is -2.27. The Morgan fingerprint density at radius 1 is 1.14 bits per heavy atom. The quantitative estimate of drug-likeness (QED) is 0.814. The van der Waals surface area contributed by atoms with Gasteiger partial charge < -0.3 is 10.6 Å². The van der Waals surface area contributed by atoms with Gasteiger partial charge in [0.15, 0.2) is 0 Å². The third kappa shape index (κ3) is 4.08. The summed E-state index contributed by atoms with van der Waals surface area (Å²) in [7, 11) is 1.92. The van der Waals surface area contributed by atoms with Crippen molar-refractivity contribution in [3.63, 3.8) is 0 Å². The van der Waals surface area contributed by atoms with Crippen molar-refractivity contribution < 1.29 is 0 Å². The molecule has 1 saturated carbocycles. The standard InChI is InChI=1S/C17H30N4/c1-5-6-13-7-9-14(10-8-13)21-17-15(12(2)3)16(18-4)19-11-20-17/h11-14H,5-10H2,1-4H3,(H2,18,19,20,21). The first-order valence-corrected chi connectivity index (χ1v) is 8.44. The van der Waals surface area contributed by atoms with Gasteiger partial charge in [-0.25, -0.2) is 9.97 Å². The molecule has 1 aliphatic carbocycles. The molecule has 0 aliphatic heterocycles. The zero-order valence-electron chi connectivity index (χ0n) is 13.9. The van der Waals surface area contributed by atoms with Crippen LogP contribution in [0.5, 0.6) is 0 Å². The molecule has 4 nitrogen and oxygen atoms in total. The Balaban J connectivity index is 2.03. The molecule has 118 valence electrons. The van der Waals surface area contributed by atoms with E-state index in [2.05, 4.69) is 41.4 Å². The van der Waals surface area contributed by atoms with E-state index in [0.29, 0.717) is 12.0 Å². The number of anilines is 2. The summed E-state index contributed by atoms with van der Waals surface area (Å²) in [6.45, 7) is 6.69. The van der Waals surface area contributed by atoms with Gasteiger partial charge in [-0.15, -0.1) is 0 Å². The number of nitrogens with zero attached hydrogens (tertiary/aromatic N) is 2. The largest absolute Gasteiger partial charge is 0.373 e. The predicted molar refractivity (Wildman–Crippen MR) is 89.9 cm³/mol. The van der Waals surface area contributed by atoms with Gasteiger partial charge in [-0.2, -0.15) is 0 Å². The fourth-order valence-electron chi connectivity index (χ4n) is 3.45. The molecule has 1 heterocycles. The SMILES string of the molecule is CCCC1CCC(Nc2ncnc(NC)c2C(C)C)CC1. The van der Waals surface area contributed by atoms with E-state index in [9.17, 15) is 0 Å². The number of hydrogen-bond acceptors (Lipinski definition) is 4. The maximum absolute atomic E-state index is 4.50. The van der Waals surface area contributed by atoms with Crippen LogP contribution in [-0.4, -0.2) is 23.1 Å². The molecular weight excluding hydrogens is 260 g/mol. The van der Waals surface area contributed by atoms with Crippen molar-refractivity contribution in [1.29, 1.82) is 0 Å². The van der Waals surface area contributed by atoms with Crippen molar-refractivity contribution in [1.82, 2.24) is 9.97 Å². The zero-order chi connectivity index (χ0) is 15.2. The van der Waals surface area contributed by atoms with Crippen LogP contribution in [0.3, 0.4) is 0 Å². The molecule has 0 atom stereocenters. The number of rotatable bonds is 6. The summed E-state index contributed by atoms with van der Waals surface area (Å²) < 4.78 is 0. The van der Waals surface area contributed by atoms with Gasteiger partial charge in [0, 0.05) is 18.7 Å². The molecule has 4 heteroatoms. The minimum absolute atomic E-state index is 0.410. The van der Waals surface area contributed by atoms with E-state index in [1.165, 1.54) is 44.1 Å². The molecule has 0 unspecified atom stereocenters. The van der Waals surface area contributed by atoms with E-state index in [1.54, 1.807) is 6.33 Å². The molecule has 1 aromatic rings. The average molecular weight is 290 g/mol. The van der Waals surface area contributed by atoms with Crippen molar-refractivity contribution in [2.24, 2.45) is 5.92 Å². The molecular formula is C17H30N4. The molecule has 2 rings (SSSR count). The Bertz CT molecular complexity index is 436. The van der Waals surface area contributed by atoms with Crippen LogP contribution >= 0.6 is 0 Å². The van der Waals surface area contributed by atoms with Gasteiger partial charge in [-0.05, 0) is 37.5 Å². The van der Waals surface area contributed by atoms with E-state index < -0.39 is 0 Å². The van der Waals surface area contributed by atoms with Crippen LogP contribution in [0.4, 0.5) is 11.6 Å². The normalized spacial score (nSPS) is 22.3. The third-order valence-corrected chi connectivity index (χ3v) is 4.58. The molecule has 21 heavy (non-hydrogen) atoms. The molecule has 0 aromatic carbocycles. The molecule has 1 fully saturated rings. The maximum Gasteiger partial charge on any atom is 0.135 e. The summed E-state index contributed by atoms with van der Waals surface area (Å²) in [6, 6.07) is 0.565. The fraction of sp³-hybridized carbons (Fsp3) is 0.765. The van der Waals surface area contributed by atoms with Crippen LogP contribution in [0.1, 0.15) is 70.8 Å². The molecule has 2 N–H and O–H groups in total. The van der Waals surface area contributed by atoms with Crippen LogP contribution in [0.25, 0.3) is 0 Å². The van der Waals surface area contributed by atoms with Gasteiger partial charge >= 0.3 is 0 Å². The summed E-state index contributed by atoms with van der Waals surface area (Å²) >= 11 is 0. The Morgan fingerprint density at radius 2 is 1.81 bits per heavy atom. The van der Waals surface area contributed by atoms with Crippen LogP contribution in [0.2, 0.25) is 0 Å². The van der Waals surface area contributed by atoms with Crippen molar-refractivity contribution in [3.05, 3.63) is 11.9 Å². The van der Waals surface area contributed by atoms with Crippen molar-refractivity contribution >= 4 is 11.6 Å². The van der Waals surface area contributed by atoms with Gasteiger partial charge in [0.1, 0.15) is 18.0 Å². The summed E-state index contributed by atoms with van der Waals surface area (Å²) in [6.07, 6.45) is 9.60. The molecule has 0 saturated heterocycles. The van der Waals surface area contributed by atoms with Crippen LogP contribution in [-0.2, 0) is 0 Å². The summed E-state index contributed by atoms with van der Waals surface area (Å²) in [5, 5.41) is 6.86. The Hall–Kier alpha value is -1.32. The van der Waals surface area contributed by atoms with Gasteiger partial charge in [0.25, 0.3) is 0 Å².